The number of halogens is 1. The highest BCUT2D eigenvalue weighted by Gasteiger charge is 2.15. The number of hydrogen-bond donors (Lipinski definition) is 1. The van der Waals surface area contributed by atoms with Crippen molar-refractivity contribution in [2.75, 3.05) is 13.7 Å². The summed E-state index contributed by atoms with van der Waals surface area (Å²) in [4.78, 5) is 24.7. The first kappa shape index (κ1) is 23.8. The number of carbonyl (C=O) groups is 2. The van der Waals surface area contributed by atoms with Crippen LogP contribution < -0.4 is 19.6 Å². The monoisotopic (exact) mass is 466 g/mol. The molecule has 0 saturated heterocycles. The zero-order chi connectivity index (χ0) is 23.6. The number of nitrogens with one attached hydrogen (secondary N) is 1. The summed E-state index contributed by atoms with van der Waals surface area (Å²) in [7, 11) is 1.46. The topological polar surface area (TPSA) is 86.2 Å². The maximum Gasteiger partial charge on any atom is 0.345 e. The molecule has 0 aliphatic rings. The second-order valence-electron chi connectivity index (χ2n) is 6.85. The molecule has 1 N–H and O–H groups in total. The molecule has 7 nitrogen and oxygen atoms in total. The minimum absolute atomic E-state index is 0.231. The minimum Gasteiger partial charge on any atom is -0.494 e. The summed E-state index contributed by atoms with van der Waals surface area (Å²) in [6.07, 6.45) is 2.37. The van der Waals surface area contributed by atoms with Crippen molar-refractivity contribution in [3.8, 4) is 17.2 Å². The molecule has 3 aromatic carbocycles. The van der Waals surface area contributed by atoms with Crippen LogP contribution in [0.15, 0.2) is 71.8 Å². The van der Waals surface area contributed by atoms with E-state index in [4.69, 9.17) is 25.8 Å². The number of methoxy groups -OCH3 is 1. The highest BCUT2D eigenvalue weighted by Crippen LogP contribution is 2.29. The Morgan fingerprint density at radius 2 is 1.79 bits per heavy atom. The Bertz CT molecular complexity index is 1150. The summed E-state index contributed by atoms with van der Waals surface area (Å²) in [5.74, 6) is 0.311. The van der Waals surface area contributed by atoms with Gasteiger partial charge in [0.25, 0.3) is 5.91 Å². The second kappa shape index (κ2) is 11.7. The van der Waals surface area contributed by atoms with Crippen molar-refractivity contribution in [2.45, 2.75) is 13.3 Å². The van der Waals surface area contributed by atoms with Crippen molar-refractivity contribution >= 4 is 29.7 Å². The average molecular weight is 467 g/mol. The molecule has 0 fully saturated rings. The summed E-state index contributed by atoms with van der Waals surface area (Å²) in [6.45, 7) is 2.65. The Balaban J connectivity index is 1.62. The molecule has 3 aromatic rings. The molecule has 0 bridgehead atoms. The third-order valence-electron chi connectivity index (χ3n) is 4.45. The van der Waals surface area contributed by atoms with Gasteiger partial charge in [0.15, 0.2) is 11.5 Å². The van der Waals surface area contributed by atoms with E-state index in [0.29, 0.717) is 34.3 Å². The van der Waals surface area contributed by atoms with E-state index in [2.05, 4.69) is 10.5 Å². The number of ether oxygens (including phenoxy) is 3. The van der Waals surface area contributed by atoms with Crippen LogP contribution in [0.3, 0.4) is 0 Å². The third-order valence-corrected chi connectivity index (χ3v) is 4.78. The maximum absolute atomic E-state index is 12.4. The number of hydrazone groups is 1. The van der Waals surface area contributed by atoms with Crippen LogP contribution in [-0.4, -0.2) is 31.8 Å². The molecule has 0 unspecified atom stereocenters. The van der Waals surface area contributed by atoms with Crippen molar-refractivity contribution in [1.82, 2.24) is 5.43 Å². The summed E-state index contributed by atoms with van der Waals surface area (Å²) in [5, 5.41) is 4.27. The zero-order valence-electron chi connectivity index (χ0n) is 18.2. The van der Waals surface area contributed by atoms with Gasteiger partial charge in [0.2, 0.25) is 0 Å². The van der Waals surface area contributed by atoms with Gasteiger partial charge in [0, 0.05) is 5.56 Å². The second-order valence-corrected chi connectivity index (χ2v) is 7.26. The molecule has 0 radical (unpaired) electrons. The van der Waals surface area contributed by atoms with E-state index in [1.807, 2.05) is 6.92 Å². The van der Waals surface area contributed by atoms with E-state index in [1.54, 1.807) is 66.7 Å². The quantitative estimate of drug-likeness (QED) is 0.205. The number of nitrogens with zero attached hydrogens (tertiary/aromatic N) is 1. The lowest BCUT2D eigenvalue weighted by molar-refractivity contribution is 0.0729. The Morgan fingerprint density at radius 1 is 1.03 bits per heavy atom. The lowest BCUT2D eigenvalue weighted by atomic mass is 10.2. The van der Waals surface area contributed by atoms with Crippen LogP contribution in [0, 0.1) is 0 Å². The van der Waals surface area contributed by atoms with E-state index < -0.39 is 5.97 Å². The summed E-state index contributed by atoms with van der Waals surface area (Å²) < 4.78 is 16.2. The number of amides is 1. The standard InChI is InChI=1S/C25H23ClN2O5/c1-3-14-32-19-11-9-18(10-12-19)24(29)28-27-16-17-8-13-22(23(15-17)31-2)33-25(30)20-6-4-5-7-21(20)26/h4-13,15-16H,3,14H2,1-2H3,(H,28,29)/b27-16-. The fourth-order valence-electron chi connectivity index (χ4n) is 2.78. The number of benzene rings is 3. The number of carbonyl (C=O) groups excluding carboxylic acids is 2. The van der Waals surface area contributed by atoms with Crippen LogP contribution in [0.4, 0.5) is 0 Å². The van der Waals surface area contributed by atoms with Gasteiger partial charge in [-0.2, -0.15) is 5.10 Å². The summed E-state index contributed by atoms with van der Waals surface area (Å²) >= 11 is 6.05. The van der Waals surface area contributed by atoms with E-state index in [1.165, 1.54) is 13.3 Å². The van der Waals surface area contributed by atoms with Crippen LogP contribution in [0.25, 0.3) is 0 Å². The lowest BCUT2D eigenvalue weighted by Gasteiger charge is -2.10. The molecule has 1 amide bonds. The van der Waals surface area contributed by atoms with Crippen LogP contribution >= 0.6 is 11.6 Å². The van der Waals surface area contributed by atoms with Gasteiger partial charge in [-0.05, 0) is 66.6 Å². The van der Waals surface area contributed by atoms with Crippen LogP contribution in [-0.2, 0) is 0 Å². The smallest absolute Gasteiger partial charge is 0.345 e. The van der Waals surface area contributed by atoms with Crippen molar-refractivity contribution in [2.24, 2.45) is 5.10 Å². The predicted octanol–water partition coefficient (Wildman–Crippen LogP) is 5.12. The lowest BCUT2D eigenvalue weighted by Crippen LogP contribution is -2.17. The molecule has 0 saturated carbocycles. The number of hydrogen-bond acceptors (Lipinski definition) is 6. The molecule has 0 aliphatic carbocycles. The molecule has 33 heavy (non-hydrogen) atoms. The molecule has 0 aliphatic heterocycles. The van der Waals surface area contributed by atoms with E-state index in [-0.39, 0.29) is 17.2 Å². The van der Waals surface area contributed by atoms with E-state index in [9.17, 15) is 9.59 Å². The fourth-order valence-corrected chi connectivity index (χ4v) is 3.00. The maximum atomic E-state index is 12.4. The first-order valence-corrected chi connectivity index (χ1v) is 10.6. The van der Waals surface area contributed by atoms with Crippen molar-refractivity contribution < 1.29 is 23.8 Å². The molecule has 0 aromatic heterocycles. The highest BCUT2D eigenvalue weighted by molar-refractivity contribution is 6.33. The van der Waals surface area contributed by atoms with Gasteiger partial charge in [0.1, 0.15) is 5.75 Å². The van der Waals surface area contributed by atoms with Gasteiger partial charge < -0.3 is 14.2 Å². The Morgan fingerprint density at radius 3 is 2.48 bits per heavy atom. The van der Waals surface area contributed by atoms with Gasteiger partial charge in [-0.3, -0.25) is 4.79 Å². The molecular weight excluding hydrogens is 444 g/mol. The zero-order valence-corrected chi connectivity index (χ0v) is 19.0. The Labute approximate surface area is 196 Å². The molecule has 170 valence electrons. The Hall–Kier alpha value is -3.84. The van der Waals surface area contributed by atoms with Gasteiger partial charge >= 0.3 is 5.97 Å². The van der Waals surface area contributed by atoms with Gasteiger partial charge in [-0.1, -0.05) is 30.7 Å². The minimum atomic E-state index is -0.598. The molecule has 3 rings (SSSR count). The Kier molecular flexibility index (Phi) is 8.43. The first-order valence-electron chi connectivity index (χ1n) is 10.2. The first-order chi connectivity index (χ1) is 16.0. The van der Waals surface area contributed by atoms with Crippen molar-refractivity contribution in [1.29, 1.82) is 0 Å². The van der Waals surface area contributed by atoms with E-state index in [0.717, 1.165) is 6.42 Å². The van der Waals surface area contributed by atoms with Crippen LogP contribution in [0.1, 0.15) is 39.6 Å². The molecule has 8 heteroatoms. The summed E-state index contributed by atoms with van der Waals surface area (Å²) in [6, 6.07) is 18.3. The number of rotatable bonds is 9. The van der Waals surface area contributed by atoms with Gasteiger partial charge in [-0.15, -0.1) is 0 Å². The van der Waals surface area contributed by atoms with Crippen LogP contribution in [0.5, 0.6) is 17.2 Å². The van der Waals surface area contributed by atoms with E-state index >= 15 is 0 Å². The summed E-state index contributed by atoms with van der Waals surface area (Å²) in [5.41, 5.74) is 3.81. The molecule has 0 atom stereocenters. The molecule has 0 heterocycles. The fraction of sp³-hybridized carbons (Fsp3) is 0.160. The molecule has 0 spiro atoms. The van der Waals surface area contributed by atoms with Crippen molar-refractivity contribution in [3.05, 3.63) is 88.4 Å². The van der Waals surface area contributed by atoms with Crippen LogP contribution in [0.2, 0.25) is 5.02 Å². The predicted molar refractivity (Wildman–Crippen MR) is 127 cm³/mol. The normalized spacial score (nSPS) is 10.6. The molecular formula is C25H23ClN2O5. The van der Waals surface area contributed by atoms with Crippen molar-refractivity contribution in [3.63, 3.8) is 0 Å². The third kappa shape index (κ3) is 6.57. The van der Waals surface area contributed by atoms with Gasteiger partial charge in [-0.25, -0.2) is 10.2 Å². The SMILES string of the molecule is CCCOc1ccc(C(=O)N/N=C\c2ccc(OC(=O)c3ccccc3Cl)c(OC)c2)cc1. The largest absolute Gasteiger partial charge is 0.494 e. The highest BCUT2D eigenvalue weighted by atomic mass is 35.5. The number of esters is 1. The average Bonchev–Trinajstić information content (AvgIpc) is 2.84. The van der Waals surface area contributed by atoms with Gasteiger partial charge in [0.05, 0.1) is 30.5 Å².